The standard InChI is InChI=1S/C24H21NO5/c26-22(21(17-7-3-1-4-8-17)18-9-5-2-6-10-18)25-20(24(29)30)15-16-11-13-19(14-12-16)23(27)28/h1-14,20-21H,15H2,(H,25,26)(H,27,28)(H,29,30)/t20-/m1/s1. The van der Waals surface area contributed by atoms with Crippen molar-refractivity contribution in [3.8, 4) is 0 Å². The smallest absolute Gasteiger partial charge is 0.335 e. The molecule has 0 saturated heterocycles. The molecule has 0 aliphatic carbocycles. The minimum absolute atomic E-state index is 0.0390. The third-order valence-corrected chi connectivity index (χ3v) is 4.78. The van der Waals surface area contributed by atoms with Gasteiger partial charge >= 0.3 is 11.9 Å². The predicted molar refractivity (Wildman–Crippen MR) is 111 cm³/mol. The molecule has 1 atom stereocenters. The van der Waals surface area contributed by atoms with Gasteiger partial charge in [-0.1, -0.05) is 72.8 Å². The Hall–Kier alpha value is -3.93. The maximum absolute atomic E-state index is 13.1. The minimum Gasteiger partial charge on any atom is -0.480 e. The zero-order chi connectivity index (χ0) is 21.5. The van der Waals surface area contributed by atoms with Crippen molar-refractivity contribution >= 4 is 17.8 Å². The van der Waals surface area contributed by atoms with E-state index < -0.39 is 29.8 Å². The Bertz CT molecular complexity index is 977. The number of aromatic carboxylic acids is 1. The van der Waals surface area contributed by atoms with E-state index in [4.69, 9.17) is 5.11 Å². The molecular formula is C24H21NO5. The molecule has 0 saturated carbocycles. The Labute approximate surface area is 173 Å². The fourth-order valence-corrected chi connectivity index (χ4v) is 3.26. The molecule has 0 heterocycles. The van der Waals surface area contributed by atoms with Gasteiger partial charge in [-0.2, -0.15) is 0 Å². The molecular weight excluding hydrogens is 382 g/mol. The molecule has 0 radical (unpaired) electrons. The van der Waals surface area contributed by atoms with Crippen LogP contribution in [0.4, 0.5) is 0 Å². The summed E-state index contributed by atoms with van der Waals surface area (Å²) in [6.45, 7) is 0. The third kappa shape index (κ3) is 5.11. The number of amides is 1. The van der Waals surface area contributed by atoms with E-state index in [0.29, 0.717) is 5.56 Å². The van der Waals surface area contributed by atoms with Crippen LogP contribution in [-0.2, 0) is 16.0 Å². The summed E-state index contributed by atoms with van der Waals surface area (Å²) in [6.07, 6.45) is 0.0390. The highest BCUT2D eigenvalue weighted by molar-refractivity contribution is 5.91. The van der Waals surface area contributed by atoms with Gasteiger partial charge in [-0.3, -0.25) is 4.79 Å². The topological polar surface area (TPSA) is 104 Å². The number of benzene rings is 3. The summed E-state index contributed by atoms with van der Waals surface area (Å²) in [7, 11) is 0. The molecule has 0 spiro atoms. The number of hydrogen-bond acceptors (Lipinski definition) is 3. The number of carbonyl (C=O) groups excluding carboxylic acids is 1. The molecule has 6 nitrogen and oxygen atoms in total. The first-order valence-electron chi connectivity index (χ1n) is 9.41. The van der Waals surface area contributed by atoms with Crippen LogP contribution in [-0.4, -0.2) is 34.1 Å². The molecule has 0 bridgehead atoms. The summed E-state index contributed by atoms with van der Waals surface area (Å²) in [5.74, 6) is -3.28. The van der Waals surface area contributed by atoms with E-state index in [2.05, 4.69) is 5.32 Å². The van der Waals surface area contributed by atoms with Gasteiger partial charge in [0.25, 0.3) is 0 Å². The number of carboxylic acid groups (broad SMARTS) is 2. The van der Waals surface area contributed by atoms with Gasteiger partial charge in [0, 0.05) is 6.42 Å². The van der Waals surface area contributed by atoms with Gasteiger partial charge in [-0.25, -0.2) is 9.59 Å². The Kier molecular flexibility index (Phi) is 6.60. The zero-order valence-corrected chi connectivity index (χ0v) is 16.1. The maximum atomic E-state index is 13.1. The van der Waals surface area contributed by atoms with Crippen LogP contribution in [0.5, 0.6) is 0 Å². The summed E-state index contributed by atoms with van der Waals surface area (Å²) >= 11 is 0. The molecule has 30 heavy (non-hydrogen) atoms. The van der Waals surface area contributed by atoms with Crippen LogP contribution >= 0.6 is 0 Å². The second-order valence-electron chi connectivity index (χ2n) is 6.86. The Morgan fingerprint density at radius 3 is 1.67 bits per heavy atom. The molecule has 3 rings (SSSR count). The molecule has 3 aromatic rings. The largest absolute Gasteiger partial charge is 0.480 e. The quantitative estimate of drug-likeness (QED) is 0.535. The first-order chi connectivity index (χ1) is 14.5. The average Bonchev–Trinajstić information content (AvgIpc) is 2.75. The number of nitrogens with one attached hydrogen (secondary N) is 1. The van der Waals surface area contributed by atoms with Gasteiger partial charge in [0.2, 0.25) is 5.91 Å². The van der Waals surface area contributed by atoms with Crippen LogP contribution in [0.1, 0.15) is 33.0 Å². The normalized spacial score (nSPS) is 11.6. The second kappa shape index (κ2) is 9.52. The van der Waals surface area contributed by atoms with E-state index >= 15 is 0 Å². The highest BCUT2D eigenvalue weighted by Crippen LogP contribution is 2.25. The van der Waals surface area contributed by atoms with Crippen LogP contribution in [0.2, 0.25) is 0 Å². The molecule has 0 aromatic heterocycles. The number of hydrogen-bond donors (Lipinski definition) is 3. The summed E-state index contributed by atoms with van der Waals surface area (Å²) < 4.78 is 0. The summed E-state index contributed by atoms with van der Waals surface area (Å²) in [5.41, 5.74) is 2.25. The van der Waals surface area contributed by atoms with Crippen molar-refractivity contribution in [1.82, 2.24) is 5.32 Å². The third-order valence-electron chi connectivity index (χ3n) is 4.78. The van der Waals surface area contributed by atoms with Crippen molar-refractivity contribution in [2.45, 2.75) is 18.4 Å². The first kappa shape index (κ1) is 20.8. The molecule has 0 unspecified atom stereocenters. The van der Waals surface area contributed by atoms with E-state index in [1.165, 1.54) is 12.1 Å². The lowest BCUT2D eigenvalue weighted by molar-refractivity contribution is -0.141. The Balaban J connectivity index is 1.83. The lowest BCUT2D eigenvalue weighted by Crippen LogP contribution is -2.44. The van der Waals surface area contributed by atoms with Crippen LogP contribution in [0.25, 0.3) is 0 Å². The summed E-state index contributed by atoms with van der Waals surface area (Å²) in [4.78, 5) is 35.9. The van der Waals surface area contributed by atoms with Crippen LogP contribution in [0.15, 0.2) is 84.9 Å². The van der Waals surface area contributed by atoms with E-state index in [1.807, 2.05) is 60.7 Å². The van der Waals surface area contributed by atoms with Crippen molar-refractivity contribution in [2.75, 3.05) is 0 Å². The number of rotatable bonds is 8. The molecule has 3 aromatic carbocycles. The monoisotopic (exact) mass is 403 g/mol. The van der Waals surface area contributed by atoms with Crippen LogP contribution in [0.3, 0.4) is 0 Å². The fourth-order valence-electron chi connectivity index (χ4n) is 3.26. The van der Waals surface area contributed by atoms with Crippen molar-refractivity contribution in [2.24, 2.45) is 0 Å². The second-order valence-corrected chi connectivity index (χ2v) is 6.86. The molecule has 1 amide bonds. The van der Waals surface area contributed by atoms with Crippen LogP contribution in [0, 0.1) is 0 Å². The van der Waals surface area contributed by atoms with Crippen LogP contribution < -0.4 is 5.32 Å². The van der Waals surface area contributed by atoms with Crippen molar-refractivity contribution in [1.29, 1.82) is 0 Å². The zero-order valence-electron chi connectivity index (χ0n) is 16.1. The first-order valence-corrected chi connectivity index (χ1v) is 9.41. The number of aliphatic carboxylic acids is 1. The molecule has 0 aliphatic heterocycles. The van der Waals surface area contributed by atoms with Gasteiger partial charge in [-0.05, 0) is 28.8 Å². The highest BCUT2D eigenvalue weighted by atomic mass is 16.4. The fraction of sp³-hybridized carbons (Fsp3) is 0.125. The highest BCUT2D eigenvalue weighted by Gasteiger charge is 2.27. The van der Waals surface area contributed by atoms with Gasteiger partial charge < -0.3 is 15.5 Å². The van der Waals surface area contributed by atoms with Crippen molar-refractivity contribution < 1.29 is 24.6 Å². The predicted octanol–water partition coefficient (Wildman–Crippen LogP) is 3.33. The van der Waals surface area contributed by atoms with Gasteiger partial charge in [0.15, 0.2) is 0 Å². The lowest BCUT2D eigenvalue weighted by Gasteiger charge is -2.21. The maximum Gasteiger partial charge on any atom is 0.335 e. The van der Waals surface area contributed by atoms with Gasteiger partial charge in [0.05, 0.1) is 11.5 Å². The summed E-state index contributed by atoms with van der Waals surface area (Å²) in [5, 5.41) is 21.3. The van der Waals surface area contributed by atoms with E-state index in [9.17, 15) is 19.5 Å². The lowest BCUT2D eigenvalue weighted by atomic mass is 9.90. The van der Waals surface area contributed by atoms with Gasteiger partial charge in [0.1, 0.15) is 6.04 Å². The molecule has 0 fully saturated rings. The average molecular weight is 403 g/mol. The van der Waals surface area contributed by atoms with E-state index in [-0.39, 0.29) is 12.0 Å². The number of carbonyl (C=O) groups is 3. The number of carboxylic acids is 2. The molecule has 3 N–H and O–H groups in total. The minimum atomic E-state index is -1.16. The molecule has 6 heteroatoms. The van der Waals surface area contributed by atoms with Crippen molar-refractivity contribution in [3.63, 3.8) is 0 Å². The van der Waals surface area contributed by atoms with Crippen molar-refractivity contribution in [3.05, 3.63) is 107 Å². The molecule has 0 aliphatic rings. The Morgan fingerprint density at radius 2 is 1.23 bits per heavy atom. The SMILES string of the molecule is O=C(O)c1ccc(C[C@@H](NC(=O)C(c2ccccc2)c2ccccc2)C(=O)O)cc1. The Morgan fingerprint density at radius 1 is 0.733 bits per heavy atom. The molecule has 152 valence electrons. The summed E-state index contributed by atoms with van der Waals surface area (Å²) in [6, 6.07) is 23.1. The van der Waals surface area contributed by atoms with Gasteiger partial charge in [-0.15, -0.1) is 0 Å². The van der Waals surface area contributed by atoms with E-state index in [0.717, 1.165) is 11.1 Å². The van der Waals surface area contributed by atoms with E-state index in [1.54, 1.807) is 12.1 Å².